The minimum Gasteiger partial charge on any atom is -0.493 e. The number of fused-ring (bicyclic) bond motifs is 1. The number of aromatic nitrogens is 4. The summed E-state index contributed by atoms with van der Waals surface area (Å²) in [5, 5.41) is 9.43. The maximum atomic E-state index is 5.49. The van der Waals surface area contributed by atoms with Gasteiger partial charge in [0, 0.05) is 49.4 Å². The number of anilines is 1. The number of nitrogens with zero attached hydrogens (tertiary/aromatic N) is 5. The van der Waals surface area contributed by atoms with Gasteiger partial charge in [0.1, 0.15) is 12.2 Å². The van der Waals surface area contributed by atoms with E-state index in [2.05, 4.69) is 26.1 Å². The first-order chi connectivity index (χ1) is 12.7. The monoisotopic (exact) mass is 353 g/mol. The number of aryl methyl sites for hydroxylation is 1. The second-order valence-electron chi connectivity index (χ2n) is 6.64. The van der Waals surface area contributed by atoms with E-state index in [4.69, 9.17) is 9.47 Å². The Morgan fingerprint density at radius 1 is 1.15 bits per heavy atom. The summed E-state index contributed by atoms with van der Waals surface area (Å²) in [6.45, 7) is 1.93. The van der Waals surface area contributed by atoms with Gasteiger partial charge in [0.25, 0.3) is 0 Å². The molecule has 136 valence electrons. The Labute approximate surface area is 152 Å². The van der Waals surface area contributed by atoms with E-state index < -0.39 is 0 Å². The molecule has 0 aliphatic carbocycles. The first-order valence-corrected chi connectivity index (χ1v) is 8.81. The van der Waals surface area contributed by atoms with Gasteiger partial charge in [-0.2, -0.15) is 0 Å². The van der Waals surface area contributed by atoms with E-state index in [-0.39, 0.29) is 0 Å². The van der Waals surface area contributed by atoms with E-state index in [1.165, 1.54) is 5.69 Å². The van der Waals surface area contributed by atoms with Gasteiger partial charge in [-0.15, -0.1) is 10.2 Å². The third-order valence-electron chi connectivity index (χ3n) is 5.10. The summed E-state index contributed by atoms with van der Waals surface area (Å²) in [4.78, 5) is 6.93. The van der Waals surface area contributed by atoms with E-state index in [1.54, 1.807) is 20.5 Å². The molecule has 0 amide bonds. The van der Waals surface area contributed by atoms with Gasteiger partial charge >= 0.3 is 0 Å². The quantitative estimate of drug-likeness (QED) is 0.719. The summed E-state index contributed by atoms with van der Waals surface area (Å²) in [6, 6.07) is 6.03. The van der Waals surface area contributed by atoms with Crippen molar-refractivity contribution in [1.29, 1.82) is 0 Å². The Hall–Kier alpha value is -2.83. The fraction of sp³-hybridized carbons (Fsp3) is 0.421. The lowest BCUT2D eigenvalue weighted by Gasteiger charge is -2.34. The van der Waals surface area contributed by atoms with Crippen LogP contribution in [0.1, 0.15) is 24.6 Å². The van der Waals surface area contributed by atoms with Crippen molar-refractivity contribution in [3.8, 4) is 11.5 Å². The van der Waals surface area contributed by atoms with Gasteiger partial charge in [0.2, 0.25) is 0 Å². The van der Waals surface area contributed by atoms with Crippen molar-refractivity contribution in [1.82, 2.24) is 19.7 Å². The van der Waals surface area contributed by atoms with E-state index in [0.29, 0.717) is 11.7 Å². The maximum absolute atomic E-state index is 5.49. The topological polar surface area (TPSA) is 65.3 Å². The van der Waals surface area contributed by atoms with E-state index in [1.807, 2.05) is 29.9 Å². The normalized spacial score (nSPS) is 17.5. The second-order valence-corrected chi connectivity index (χ2v) is 6.64. The minimum absolute atomic E-state index is 0.375. The molecule has 0 radical (unpaired) electrons. The smallest absolute Gasteiger partial charge is 0.162 e. The second kappa shape index (κ2) is 6.82. The van der Waals surface area contributed by atoms with E-state index in [9.17, 15) is 0 Å². The first-order valence-electron chi connectivity index (χ1n) is 8.81. The zero-order chi connectivity index (χ0) is 18.1. The number of hydrogen-bond acceptors (Lipinski definition) is 6. The number of rotatable bonds is 4. The number of pyridine rings is 1. The molecule has 1 unspecified atom stereocenters. The average Bonchev–Trinajstić information content (AvgIpc) is 3.12. The summed E-state index contributed by atoms with van der Waals surface area (Å²) < 4.78 is 12.9. The van der Waals surface area contributed by atoms with Crippen LogP contribution in [0.4, 0.5) is 5.69 Å². The van der Waals surface area contributed by atoms with E-state index >= 15 is 0 Å². The van der Waals surface area contributed by atoms with Crippen molar-refractivity contribution in [2.24, 2.45) is 7.05 Å². The Bertz CT molecular complexity index is 923. The molecule has 0 N–H and O–H groups in total. The largest absolute Gasteiger partial charge is 0.493 e. The molecular formula is C19H23N5O2. The molecule has 7 heteroatoms. The Balaban J connectivity index is 1.72. The van der Waals surface area contributed by atoms with Crippen molar-refractivity contribution < 1.29 is 9.47 Å². The van der Waals surface area contributed by atoms with E-state index in [0.717, 1.165) is 48.4 Å². The summed E-state index contributed by atoms with van der Waals surface area (Å²) in [5.41, 5.74) is 2.07. The maximum Gasteiger partial charge on any atom is 0.162 e. The lowest BCUT2D eigenvalue weighted by atomic mass is 9.96. The Kier molecular flexibility index (Phi) is 4.36. The molecule has 1 fully saturated rings. The fourth-order valence-electron chi connectivity index (χ4n) is 3.80. The van der Waals surface area contributed by atoms with Gasteiger partial charge in [-0.1, -0.05) is 0 Å². The molecule has 2 aromatic heterocycles. The molecule has 1 aromatic carbocycles. The highest BCUT2D eigenvalue weighted by molar-refractivity contribution is 5.94. The van der Waals surface area contributed by atoms with Crippen LogP contribution in [-0.4, -0.2) is 47.1 Å². The predicted molar refractivity (Wildman–Crippen MR) is 100 cm³/mol. The minimum atomic E-state index is 0.375. The van der Waals surface area contributed by atoms with Crippen LogP contribution in [0.5, 0.6) is 11.5 Å². The van der Waals surface area contributed by atoms with Crippen molar-refractivity contribution in [2.45, 2.75) is 18.8 Å². The van der Waals surface area contributed by atoms with Gasteiger partial charge in [-0.05, 0) is 25.0 Å². The van der Waals surface area contributed by atoms with Crippen LogP contribution < -0.4 is 14.4 Å². The molecule has 1 aliphatic rings. The third-order valence-corrected chi connectivity index (χ3v) is 5.10. The van der Waals surface area contributed by atoms with Gasteiger partial charge < -0.3 is 18.9 Å². The summed E-state index contributed by atoms with van der Waals surface area (Å²) in [5.74, 6) is 2.84. The van der Waals surface area contributed by atoms with Crippen molar-refractivity contribution in [3.05, 3.63) is 36.5 Å². The van der Waals surface area contributed by atoms with Crippen LogP contribution in [-0.2, 0) is 7.05 Å². The van der Waals surface area contributed by atoms with Gasteiger partial charge in [0.05, 0.1) is 19.7 Å². The highest BCUT2D eigenvalue weighted by Gasteiger charge is 2.26. The molecule has 4 rings (SSSR count). The summed E-state index contributed by atoms with van der Waals surface area (Å²) >= 11 is 0. The number of hydrogen-bond donors (Lipinski definition) is 0. The molecule has 7 nitrogen and oxygen atoms in total. The standard InChI is InChI=1S/C19H23N5O2/c1-23-12-21-22-19(23)13-5-4-8-24(11-13)16-6-7-20-15-10-18(26-3)17(25-2)9-14(15)16/h6-7,9-10,12-13H,4-5,8,11H2,1-3H3. The Morgan fingerprint density at radius 2 is 1.96 bits per heavy atom. The highest BCUT2D eigenvalue weighted by Crippen LogP contribution is 2.37. The van der Waals surface area contributed by atoms with Crippen LogP contribution >= 0.6 is 0 Å². The molecule has 0 bridgehead atoms. The van der Waals surface area contributed by atoms with Crippen LogP contribution in [0.3, 0.4) is 0 Å². The summed E-state index contributed by atoms with van der Waals surface area (Å²) in [6.07, 6.45) is 5.88. The van der Waals surface area contributed by atoms with Crippen molar-refractivity contribution >= 4 is 16.6 Å². The first kappa shape index (κ1) is 16.6. The molecule has 26 heavy (non-hydrogen) atoms. The number of piperidine rings is 1. The predicted octanol–water partition coefficient (Wildman–Crippen LogP) is 2.76. The fourth-order valence-corrected chi connectivity index (χ4v) is 3.80. The Morgan fingerprint density at radius 3 is 2.69 bits per heavy atom. The summed E-state index contributed by atoms with van der Waals surface area (Å²) in [7, 11) is 5.31. The zero-order valence-electron chi connectivity index (χ0n) is 15.3. The lowest BCUT2D eigenvalue weighted by molar-refractivity contribution is 0.356. The van der Waals surface area contributed by atoms with Gasteiger partial charge in [0.15, 0.2) is 11.5 Å². The van der Waals surface area contributed by atoms with Crippen LogP contribution in [0.2, 0.25) is 0 Å². The van der Waals surface area contributed by atoms with Crippen molar-refractivity contribution in [3.63, 3.8) is 0 Å². The molecule has 3 heterocycles. The van der Waals surface area contributed by atoms with Crippen molar-refractivity contribution in [2.75, 3.05) is 32.2 Å². The lowest BCUT2D eigenvalue weighted by Crippen LogP contribution is -2.35. The molecule has 0 saturated carbocycles. The van der Waals surface area contributed by atoms with Gasteiger partial charge in [-0.25, -0.2) is 0 Å². The SMILES string of the molecule is COc1cc2nccc(N3CCCC(c4nncn4C)C3)c2cc1OC. The number of benzene rings is 1. The molecule has 1 saturated heterocycles. The van der Waals surface area contributed by atoms with Gasteiger partial charge in [-0.3, -0.25) is 4.98 Å². The molecule has 1 aliphatic heterocycles. The van der Waals surface area contributed by atoms with Crippen LogP contribution in [0.25, 0.3) is 10.9 Å². The number of ether oxygens (including phenoxy) is 2. The van der Waals surface area contributed by atoms with Crippen LogP contribution in [0.15, 0.2) is 30.7 Å². The molecule has 3 aromatic rings. The zero-order valence-corrected chi connectivity index (χ0v) is 15.3. The molecule has 0 spiro atoms. The average molecular weight is 353 g/mol. The van der Waals surface area contributed by atoms with Crippen LogP contribution in [0, 0.1) is 0 Å². The molecular weight excluding hydrogens is 330 g/mol. The highest BCUT2D eigenvalue weighted by atomic mass is 16.5. The molecule has 1 atom stereocenters. The number of methoxy groups -OCH3 is 2. The third kappa shape index (κ3) is 2.83.